The Morgan fingerprint density at radius 1 is 0.365 bits per heavy atom. The maximum absolute atomic E-state index is 7.53. The Morgan fingerprint density at radius 3 is 0.865 bits per heavy atom. The van der Waals surface area contributed by atoms with E-state index in [-0.39, 0.29) is 0 Å². The molecule has 0 bridgehead atoms. The number of hydrogen-bond donors (Lipinski definition) is 0. The first-order chi connectivity index (χ1) is 24.7. The van der Waals surface area contributed by atoms with Crippen LogP contribution in [0.2, 0.25) is 0 Å². The van der Waals surface area contributed by atoms with E-state index in [9.17, 15) is 0 Å². The molecule has 0 aliphatic carbocycles. The average Bonchev–Trinajstić information content (AvgIpc) is 3.04. The second kappa shape index (κ2) is 14.1. The number of fused-ring (bicyclic) bond motifs is 2. The van der Waals surface area contributed by atoms with Gasteiger partial charge in [-0.25, -0.2) is 0 Å². The van der Waals surface area contributed by atoms with E-state index in [0.29, 0.717) is 0 Å². The molecule has 1 aliphatic heterocycles. The van der Waals surface area contributed by atoms with Crippen LogP contribution in [0, 0.1) is 83.1 Å². The maximum Gasteiger partial charge on any atom is 0.139 e. The standard InChI is InChI=1S/C49H52OP2/c1-28-19-32(5)46(33(6)20-28)51(47-34(7)21-29(2)22-35(47)8)42-17-13-15-40-27-41-16-14-18-43(45(41)50-44(40)42)52(48-36(9)23-30(3)24-37(48)10)49-38(11)25-31(4)26-39(49)12/h13-26H,27H2,1-12H3. The van der Waals surface area contributed by atoms with Gasteiger partial charge < -0.3 is 4.74 Å². The summed E-state index contributed by atoms with van der Waals surface area (Å²) >= 11 is 0. The van der Waals surface area contributed by atoms with Gasteiger partial charge in [0.25, 0.3) is 0 Å². The molecule has 0 radical (unpaired) electrons. The molecule has 0 fully saturated rings. The van der Waals surface area contributed by atoms with Gasteiger partial charge in [0.1, 0.15) is 11.5 Å². The maximum atomic E-state index is 7.53. The molecule has 6 aromatic carbocycles. The Hall–Kier alpha value is -4.02. The Balaban J connectivity index is 1.49. The zero-order valence-corrected chi connectivity index (χ0v) is 34.9. The van der Waals surface area contributed by atoms with Crippen molar-refractivity contribution >= 4 is 47.7 Å². The minimum absolute atomic E-state index is 0.855. The van der Waals surface area contributed by atoms with Gasteiger partial charge >= 0.3 is 0 Å². The zero-order chi connectivity index (χ0) is 37.2. The van der Waals surface area contributed by atoms with Crippen LogP contribution >= 0.6 is 15.8 Å². The van der Waals surface area contributed by atoms with Gasteiger partial charge in [-0.05, 0) is 176 Å². The van der Waals surface area contributed by atoms with Gasteiger partial charge in [0.15, 0.2) is 0 Å². The first-order valence-electron chi connectivity index (χ1n) is 18.6. The van der Waals surface area contributed by atoms with Gasteiger partial charge in [-0.1, -0.05) is 107 Å². The smallest absolute Gasteiger partial charge is 0.139 e. The Labute approximate surface area is 315 Å². The van der Waals surface area contributed by atoms with Crippen molar-refractivity contribution in [3.63, 3.8) is 0 Å². The highest BCUT2D eigenvalue weighted by molar-refractivity contribution is 7.80. The van der Waals surface area contributed by atoms with Crippen molar-refractivity contribution in [3.05, 3.63) is 163 Å². The van der Waals surface area contributed by atoms with E-state index in [1.807, 2.05) is 0 Å². The Morgan fingerprint density at radius 2 is 0.615 bits per heavy atom. The van der Waals surface area contributed by atoms with Crippen molar-refractivity contribution in [3.8, 4) is 11.5 Å². The highest BCUT2D eigenvalue weighted by Crippen LogP contribution is 2.48. The molecule has 7 rings (SSSR count). The monoisotopic (exact) mass is 718 g/mol. The lowest BCUT2D eigenvalue weighted by Crippen LogP contribution is -2.31. The van der Waals surface area contributed by atoms with Crippen molar-refractivity contribution in [2.24, 2.45) is 0 Å². The molecule has 0 unspecified atom stereocenters. The zero-order valence-electron chi connectivity index (χ0n) is 33.1. The van der Waals surface area contributed by atoms with E-state index in [0.717, 1.165) is 17.9 Å². The van der Waals surface area contributed by atoms with Crippen LogP contribution in [0.4, 0.5) is 0 Å². The van der Waals surface area contributed by atoms with E-state index < -0.39 is 15.8 Å². The lowest BCUT2D eigenvalue weighted by atomic mass is 10.0. The molecule has 1 heterocycles. The van der Waals surface area contributed by atoms with Crippen molar-refractivity contribution in [1.82, 2.24) is 0 Å². The summed E-state index contributed by atoms with van der Waals surface area (Å²) in [6, 6.07) is 32.8. The molecule has 3 heteroatoms. The summed E-state index contributed by atoms with van der Waals surface area (Å²) in [5, 5.41) is 8.42. The van der Waals surface area contributed by atoms with Crippen LogP contribution in [-0.4, -0.2) is 0 Å². The first-order valence-corrected chi connectivity index (χ1v) is 21.2. The number of aryl methyl sites for hydroxylation is 12. The molecular formula is C49H52OP2. The van der Waals surface area contributed by atoms with E-state index >= 15 is 0 Å². The molecule has 264 valence electrons. The van der Waals surface area contributed by atoms with Crippen molar-refractivity contribution in [2.75, 3.05) is 0 Å². The molecule has 0 aromatic heterocycles. The van der Waals surface area contributed by atoms with Crippen LogP contribution in [0.25, 0.3) is 0 Å². The number of ether oxygens (including phenoxy) is 1. The number of rotatable bonds is 6. The summed E-state index contributed by atoms with van der Waals surface area (Å²) in [5.74, 6) is 2.11. The predicted octanol–water partition coefficient (Wildman–Crippen LogP) is 10.6. The molecule has 0 N–H and O–H groups in total. The first kappa shape index (κ1) is 36.3. The predicted molar refractivity (Wildman–Crippen MR) is 230 cm³/mol. The highest BCUT2D eigenvalue weighted by Gasteiger charge is 2.34. The number of para-hydroxylation sites is 2. The van der Waals surface area contributed by atoms with Gasteiger partial charge in [-0.3, -0.25) is 0 Å². The van der Waals surface area contributed by atoms with Crippen LogP contribution in [-0.2, 0) is 6.42 Å². The summed E-state index contributed by atoms with van der Waals surface area (Å²) in [6.07, 6.45) is 0.855. The lowest BCUT2D eigenvalue weighted by molar-refractivity contribution is 0.468. The summed E-state index contributed by atoms with van der Waals surface area (Å²) in [4.78, 5) is 0. The van der Waals surface area contributed by atoms with Gasteiger partial charge in [-0.15, -0.1) is 0 Å². The van der Waals surface area contributed by atoms with E-state index in [1.165, 1.54) is 110 Å². The van der Waals surface area contributed by atoms with E-state index in [1.54, 1.807) is 0 Å². The summed E-state index contributed by atoms with van der Waals surface area (Å²) in [7, 11) is -1.84. The van der Waals surface area contributed by atoms with Crippen LogP contribution < -0.4 is 36.6 Å². The van der Waals surface area contributed by atoms with Crippen molar-refractivity contribution < 1.29 is 4.74 Å². The minimum Gasteiger partial charge on any atom is -0.455 e. The average molecular weight is 719 g/mol. The van der Waals surface area contributed by atoms with E-state index in [4.69, 9.17) is 4.74 Å². The van der Waals surface area contributed by atoms with E-state index in [2.05, 4.69) is 168 Å². The molecule has 0 amide bonds. The molecular weight excluding hydrogens is 666 g/mol. The Bertz CT molecular complexity index is 2020. The third-order valence-corrected chi connectivity index (χ3v) is 16.9. The quantitative estimate of drug-likeness (QED) is 0.156. The van der Waals surface area contributed by atoms with Crippen LogP contribution in [0.5, 0.6) is 11.5 Å². The molecule has 0 saturated carbocycles. The van der Waals surface area contributed by atoms with Gasteiger partial charge in [0.05, 0.1) is 0 Å². The number of benzene rings is 6. The summed E-state index contributed by atoms with van der Waals surface area (Å²) < 4.78 is 7.53. The van der Waals surface area contributed by atoms with Crippen molar-refractivity contribution in [2.45, 2.75) is 89.5 Å². The molecule has 0 atom stereocenters. The fraction of sp³-hybridized carbons (Fsp3) is 0.265. The van der Waals surface area contributed by atoms with Crippen molar-refractivity contribution in [1.29, 1.82) is 0 Å². The second-order valence-electron chi connectivity index (χ2n) is 15.5. The molecule has 0 spiro atoms. The molecule has 1 nitrogen and oxygen atoms in total. The lowest BCUT2D eigenvalue weighted by Gasteiger charge is -2.33. The SMILES string of the molecule is Cc1cc(C)c(P(c2cccc3c2Oc2c(cccc2P(c2c(C)cc(C)cc2C)c2c(C)cc(C)cc2C)C3)c2c(C)cc(C)cc2C)c(C)c1. The third kappa shape index (κ3) is 6.46. The van der Waals surface area contributed by atoms with Crippen LogP contribution in [0.1, 0.15) is 77.9 Å². The largest absolute Gasteiger partial charge is 0.455 e. The van der Waals surface area contributed by atoms with Gasteiger partial charge in [-0.2, -0.15) is 0 Å². The van der Waals surface area contributed by atoms with Crippen LogP contribution in [0.15, 0.2) is 84.9 Å². The van der Waals surface area contributed by atoms with Gasteiger partial charge in [0, 0.05) is 17.0 Å². The third-order valence-electron chi connectivity index (χ3n) is 10.7. The molecule has 6 aromatic rings. The summed E-state index contributed by atoms with van der Waals surface area (Å²) in [5.41, 5.74) is 18.7. The van der Waals surface area contributed by atoms with Crippen LogP contribution in [0.3, 0.4) is 0 Å². The minimum atomic E-state index is -0.918. The van der Waals surface area contributed by atoms with Gasteiger partial charge in [0.2, 0.25) is 0 Å². The summed E-state index contributed by atoms with van der Waals surface area (Å²) in [6.45, 7) is 27.3. The molecule has 1 aliphatic rings. The molecule has 0 saturated heterocycles. The highest BCUT2D eigenvalue weighted by atomic mass is 31.1. The fourth-order valence-corrected chi connectivity index (χ4v) is 15.1. The Kier molecular flexibility index (Phi) is 9.84. The fourth-order valence-electron chi connectivity index (χ4n) is 9.12. The topological polar surface area (TPSA) is 9.23 Å². The number of hydrogen-bond acceptors (Lipinski definition) is 1. The molecule has 52 heavy (non-hydrogen) atoms. The second-order valence-corrected chi connectivity index (χ2v) is 19.6. The normalized spacial score (nSPS) is 12.3.